The number of benzene rings is 2. The third kappa shape index (κ3) is 5.13. The normalized spacial score (nSPS) is 10.1. The van der Waals surface area contributed by atoms with Crippen molar-refractivity contribution in [3.05, 3.63) is 65.2 Å². The van der Waals surface area contributed by atoms with Crippen LogP contribution in [0.5, 0.6) is 5.75 Å². The molecule has 0 aliphatic rings. The molecule has 0 saturated carbocycles. The number of carbonyl (C=O) groups is 1. The third-order valence-corrected chi connectivity index (χ3v) is 3.22. The first-order valence-corrected chi connectivity index (χ1v) is 7.46. The topological polar surface area (TPSA) is 50.4 Å². The van der Waals surface area contributed by atoms with Gasteiger partial charge in [0, 0.05) is 13.1 Å². The molecule has 0 aromatic heterocycles. The van der Waals surface area contributed by atoms with Crippen LogP contribution in [0.4, 0.5) is 4.79 Å². The van der Waals surface area contributed by atoms with Gasteiger partial charge in [-0.15, -0.1) is 0 Å². The van der Waals surface area contributed by atoms with Gasteiger partial charge in [-0.25, -0.2) is 4.79 Å². The molecule has 0 atom stereocenters. The van der Waals surface area contributed by atoms with Gasteiger partial charge in [-0.1, -0.05) is 42.0 Å². The largest absolute Gasteiger partial charge is 0.494 e. The molecule has 0 fully saturated rings. The van der Waals surface area contributed by atoms with Gasteiger partial charge >= 0.3 is 6.03 Å². The molecule has 116 valence electrons. The first-order valence-electron chi connectivity index (χ1n) is 7.46. The summed E-state index contributed by atoms with van der Waals surface area (Å²) in [6, 6.07) is 15.6. The number of hydrogen-bond donors (Lipinski definition) is 2. The summed E-state index contributed by atoms with van der Waals surface area (Å²) in [5.41, 5.74) is 3.32. The van der Waals surface area contributed by atoms with Gasteiger partial charge in [0.25, 0.3) is 0 Å². The molecule has 0 unspecified atom stereocenters. The number of urea groups is 1. The fourth-order valence-electron chi connectivity index (χ4n) is 2.12. The van der Waals surface area contributed by atoms with Gasteiger partial charge < -0.3 is 15.4 Å². The molecule has 0 saturated heterocycles. The lowest BCUT2D eigenvalue weighted by molar-refractivity contribution is 0.240. The van der Waals surface area contributed by atoms with E-state index in [0.29, 0.717) is 19.7 Å². The van der Waals surface area contributed by atoms with E-state index in [2.05, 4.69) is 16.7 Å². The lowest BCUT2D eigenvalue weighted by Gasteiger charge is -2.09. The molecule has 0 heterocycles. The smallest absolute Gasteiger partial charge is 0.315 e. The number of aryl methyl sites for hydroxylation is 1. The molecule has 0 spiro atoms. The zero-order chi connectivity index (χ0) is 15.8. The monoisotopic (exact) mass is 298 g/mol. The van der Waals surface area contributed by atoms with Crippen molar-refractivity contribution in [1.29, 1.82) is 0 Å². The third-order valence-electron chi connectivity index (χ3n) is 3.22. The second-order valence-corrected chi connectivity index (χ2v) is 5.10. The molecule has 22 heavy (non-hydrogen) atoms. The molecule has 0 bridgehead atoms. The fourth-order valence-corrected chi connectivity index (χ4v) is 2.12. The minimum Gasteiger partial charge on any atom is -0.494 e. The standard InChI is InChI=1S/C18H22N2O2/c1-3-22-17-9-7-15(8-10-17)12-19-18(21)20-13-16-6-4-5-14(2)11-16/h4-11H,3,12-13H2,1-2H3,(H2,19,20,21). The quantitative estimate of drug-likeness (QED) is 0.859. The Balaban J connectivity index is 1.75. The number of rotatable bonds is 6. The lowest BCUT2D eigenvalue weighted by Crippen LogP contribution is -2.34. The Morgan fingerprint density at radius 3 is 2.32 bits per heavy atom. The molecule has 0 radical (unpaired) electrons. The molecule has 0 aliphatic carbocycles. The van der Waals surface area contributed by atoms with E-state index in [1.54, 1.807) is 0 Å². The van der Waals surface area contributed by atoms with Crippen LogP contribution in [-0.2, 0) is 13.1 Å². The summed E-state index contributed by atoms with van der Waals surface area (Å²) >= 11 is 0. The van der Waals surface area contributed by atoms with Crippen molar-refractivity contribution in [3.8, 4) is 5.75 Å². The van der Waals surface area contributed by atoms with Gasteiger partial charge in [-0.2, -0.15) is 0 Å². The number of ether oxygens (including phenoxy) is 1. The molecule has 2 amide bonds. The van der Waals surface area contributed by atoms with Crippen molar-refractivity contribution in [2.75, 3.05) is 6.61 Å². The number of carbonyl (C=O) groups excluding carboxylic acids is 1. The van der Waals surface area contributed by atoms with Gasteiger partial charge in [-0.05, 0) is 37.1 Å². The number of amides is 2. The summed E-state index contributed by atoms with van der Waals surface area (Å²) in [4.78, 5) is 11.8. The highest BCUT2D eigenvalue weighted by molar-refractivity contribution is 5.73. The Hall–Kier alpha value is -2.49. The van der Waals surface area contributed by atoms with Gasteiger partial charge in [0.1, 0.15) is 5.75 Å². The summed E-state index contributed by atoms with van der Waals surface area (Å²) in [5, 5.41) is 5.70. The van der Waals surface area contributed by atoms with E-state index >= 15 is 0 Å². The van der Waals surface area contributed by atoms with Gasteiger partial charge in [0.05, 0.1) is 6.61 Å². The predicted octanol–water partition coefficient (Wildman–Crippen LogP) is 3.39. The highest BCUT2D eigenvalue weighted by atomic mass is 16.5. The van der Waals surface area contributed by atoms with E-state index < -0.39 is 0 Å². The van der Waals surface area contributed by atoms with E-state index in [1.165, 1.54) is 5.56 Å². The van der Waals surface area contributed by atoms with Crippen LogP contribution >= 0.6 is 0 Å². The SMILES string of the molecule is CCOc1ccc(CNC(=O)NCc2cccc(C)c2)cc1. The van der Waals surface area contributed by atoms with Crippen LogP contribution in [-0.4, -0.2) is 12.6 Å². The number of nitrogens with one attached hydrogen (secondary N) is 2. The first-order chi connectivity index (χ1) is 10.7. The van der Waals surface area contributed by atoms with Crippen molar-refractivity contribution in [1.82, 2.24) is 10.6 Å². The van der Waals surface area contributed by atoms with Gasteiger partial charge in [0.2, 0.25) is 0 Å². The molecule has 2 aromatic carbocycles. The molecule has 4 heteroatoms. The molecule has 2 aromatic rings. The minimum absolute atomic E-state index is 0.171. The number of hydrogen-bond acceptors (Lipinski definition) is 2. The van der Waals surface area contributed by atoms with E-state index in [9.17, 15) is 4.79 Å². The van der Waals surface area contributed by atoms with Crippen LogP contribution in [0.3, 0.4) is 0 Å². The van der Waals surface area contributed by atoms with Gasteiger partial charge in [-0.3, -0.25) is 0 Å². The summed E-state index contributed by atoms with van der Waals surface area (Å²) < 4.78 is 5.38. The van der Waals surface area contributed by atoms with Crippen LogP contribution in [0.2, 0.25) is 0 Å². The van der Waals surface area contributed by atoms with Crippen LogP contribution in [0.15, 0.2) is 48.5 Å². The van der Waals surface area contributed by atoms with Crippen LogP contribution in [0, 0.1) is 6.92 Å². The molecule has 4 nitrogen and oxygen atoms in total. The molecule has 2 rings (SSSR count). The highest BCUT2D eigenvalue weighted by Crippen LogP contribution is 2.11. The van der Waals surface area contributed by atoms with Crippen molar-refractivity contribution in [2.24, 2.45) is 0 Å². The average molecular weight is 298 g/mol. The van der Waals surface area contributed by atoms with Crippen LogP contribution in [0.25, 0.3) is 0 Å². The highest BCUT2D eigenvalue weighted by Gasteiger charge is 2.01. The summed E-state index contributed by atoms with van der Waals surface area (Å²) in [5.74, 6) is 0.843. The zero-order valence-corrected chi connectivity index (χ0v) is 13.1. The van der Waals surface area contributed by atoms with Crippen LogP contribution < -0.4 is 15.4 Å². The van der Waals surface area contributed by atoms with E-state index in [-0.39, 0.29) is 6.03 Å². The Kier molecular flexibility index (Phi) is 5.83. The van der Waals surface area contributed by atoms with Crippen molar-refractivity contribution < 1.29 is 9.53 Å². The Morgan fingerprint density at radius 1 is 1.00 bits per heavy atom. The first kappa shape index (κ1) is 15.9. The maximum atomic E-state index is 11.8. The zero-order valence-electron chi connectivity index (χ0n) is 13.1. The average Bonchev–Trinajstić information content (AvgIpc) is 2.53. The second-order valence-electron chi connectivity index (χ2n) is 5.10. The van der Waals surface area contributed by atoms with Crippen molar-refractivity contribution >= 4 is 6.03 Å². The molecule has 2 N–H and O–H groups in total. The molecule has 0 aliphatic heterocycles. The molecular formula is C18H22N2O2. The predicted molar refractivity (Wildman–Crippen MR) is 87.9 cm³/mol. The summed E-state index contributed by atoms with van der Waals surface area (Å²) in [7, 11) is 0. The summed E-state index contributed by atoms with van der Waals surface area (Å²) in [6.45, 7) is 5.66. The maximum Gasteiger partial charge on any atom is 0.315 e. The summed E-state index contributed by atoms with van der Waals surface area (Å²) in [6.07, 6.45) is 0. The van der Waals surface area contributed by atoms with E-state index in [1.807, 2.05) is 56.3 Å². The van der Waals surface area contributed by atoms with E-state index in [0.717, 1.165) is 16.9 Å². The van der Waals surface area contributed by atoms with Gasteiger partial charge in [0.15, 0.2) is 0 Å². The Morgan fingerprint density at radius 2 is 1.68 bits per heavy atom. The maximum absolute atomic E-state index is 11.8. The molecular weight excluding hydrogens is 276 g/mol. The van der Waals surface area contributed by atoms with Crippen LogP contribution in [0.1, 0.15) is 23.6 Å². The van der Waals surface area contributed by atoms with Crippen molar-refractivity contribution in [3.63, 3.8) is 0 Å². The van der Waals surface area contributed by atoms with E-state index in [4.69, 9.17) is 4.74 Å². The lowest BCUT2D eigenvalue weighted by atomic mass is 10.1. The van der Waals surface area contributed by atoms with Crippen molar-refractivity contribution in [2.45, 2.75) is 26.9 Å². The Labute approximate surface area is 131 Å². The second kappa shape index (κ2) is 8.08. The minimum atomic E-state index is -0.171. The Bertz CT molecular complexity index is 609. The fraction of sp³-hybridized carbons (Fsp3) is 0.278.